The summed E-state index contributed by atoms with van der Waals surface area (Å²) in [5.41, 5.74) is 2.63. The van der Waals surface area contributed by atoms with Gasteiger partial charge in [0.25, 0.3) is 0 Å². The van der Waals surface area contributed by atoms with E-state index in [1.54, 1.807) is 24.4 Å². The number of aliphatic hydroxyl groups is 1. The Balaban J connectivity index is 1.98. The third-order valence-electron chi connectivity index (χ3n) is 3.65. The first kappa shape index (κ1) is 14.5. The molecule has 112 valence electrons. The molecular weight excluding hydrogens is 279 g/mol. The Morgan fingerprint density at radius 1 is 1.00 bits per heavy atom. The zero-order valence-electron chi connectivity index (χ0n) is 12.1. The zero-order valence-corrected chi connectivity index (χ0v) is 12.1. The van der Waals surface area contributed by atoms with E-state index < -0.39 is 0 Å². The van der Waals surface area contributed by atoms with Crippen molar-refractivity contribution in [1.29, 1.82) is 0 Å². The van der Waals surface area contributed by atoms with Gasteiger partial charge >= 0.3 is 0 Å². The number of rotatable bonds is 5. The van der Waals surface area contributed by atoms with Crippen LogP contribution >= 0.6 is 0 Å². The molecule has 0 unspecified atom stereocenters. The molecular formula is C18H17FN2O. The number of hydrogen-bond donors (Lipinski definition) is 1. The molecule has 3 rings (SSSR count). The van der Waals surface area contributed by atoms with Crippen molar-refractivity contribution in [3.8, 4) is 0 Å². The van der Waals surface area contributed by atoms with Crippen LogP contribution in [0.3, 0.4) is 0 Å². The standard InChI is InChI=1S/C18H17FN2O/c19-17-9-8-14(18-16(17)7-4-10-20-18)13-21(11-12-22)15-5-2-1-3-6-15/h1-10,22H,11-13H2. The summed E-state index contributed by atoms with van der Waals surface area (Å²) in [5.74, 6) is -0.264. The first-order valence-electron chi connectivity index (χ1n) is 7.22. The Morgan fingerprint density at radius 3 is 2.59 bits per heavy atom. The Labute approximate surface area is 128 Å². The number of aliphatic hydroxyl groups excluding tert-OH is 1. The zero-order chi connectivity index (χ0) is 15.4. The van der Waals surface area contributed by atoms with Crippen molar-refractivity contribution in [3.63, 3.8) is 0 Å². The van der Waals surface area contributed by atoms with Crippen molar-refractivity contribution in [2.45, 2.75) is 6.54 Å². The Hall–Kier alpha value is -2.46. The second-order valence-corrected chi connectivity index (χ2v) is 5.09. The van der Waals surface area contributed by atoms with Gasteiger partial charge in [-0.25, -0.2) is 4.39 Å². The number of hydrogen-bond acceptors (Lipinski definition) is 3. The van der Waals surface area contributed by atoms with Gasteiger partial charge in [-0.15, -0.1) is 0 Å². The summed E-state index contributed by atoms with van der Waals surface area (Å²) < 4.78 is 13.9. The lowest BCUT2D eigenvalue weighted by Crippen LogP contribution is -2.26. The van der Waals surface area contributed by atoms with Crippen LogP contribution in [0.1, 0.15) is 5.56 Å². The number of nitrogens with zero attached hydrogens (tertiary/aromatic N) is 2. The van der Waals surface area contributed by atoms with Crippen molar-refractivity contribution in [2.24, 2.45) is 0 Å². The van der Waals surface area contributed by atoms with E-state index in [0.29, 0.717) is 24.0 Å². The van der Waals surface area contributed by atoms with Crippen LogP contribution in [0.5, 0.6) is 0 Å². The first-order chi connectivity index (χ1) is 10.8. The summed E-state index contributed by atoms with van der Waals surface area (Å²) in [7, 11) is 0. The molecule has 0 bridgehead atoms. The van der Waals surface area contributed by atoms with Gasteiger partial charge in [0.05, 0.1) is 12.1 Å². The minimum absolute atomic E-state index is 0.0570. The maximum absolute atomic E-state index is 13.9. The fourth-order valence-corrected chi connectivity index (χ4v) is 2.59. The molecule has 0 radical (unpaired) electrons. The van der Waals surface area contributed by atoms with E-state index in [2.05, 4.69) is 9.88 Å². The van der Waals surface area contributed by atoms with E-state index >= 15 is 0 Å². The van der Waals surface area contributed by atoms with Crippen LogP contribution in [-0.4, -0.2) is 23.2 Å². The smallest absolute Gasteiger partial charge is 0.132 e. The molecule has 0 fully saturated rings. The third-order valence-corrected chi connectivity index (χ3v) is 3.65. The lowest BCUT2D eigenvalue weighted by Gasteiger charge is -2.24. The van der Waals surface area contributed by atoms with Gasteiger partial charge in [-0.3, -0.25) is 4.98 Å². The largest absolute Gasteiger partial charge is 0.395 e. The summed E-state index contributed by atoms with van der Waals surface area (Å²) in [4.78, 5) is 6.38. The van der Waals surface area contributed by atoms with Gasteiger partial charge in [-0.1, -0.05) is 24.3 Å². The van der Waals surface area contributed by atoms with Gasteiger partial charge in [-0.05, 0) is 35.9 Å². The van der Waals surface area contributed by atoms with Gasteiger partial charge in [0, 0.05) is 30.4 Å². The van der Waals surface area contributed by atoms with Gasteiger partial charge in [-0.2, -0.15) is 0 Å². The number of pyridine rings is 1. The van der Waals surface area contributed by atoms with Crippen molar-refractivity contribution >= 4 is 16.6 Å². The summed E-state index contributed by atoms with van der Waals surface area (Å²) in [6, 6.07) is 16.6. The molecule has 22 heavy (non-hydrogen) atoms. The average Bonchev–Trinajstić information content (AvgIpc) is 2.58. The van der Waals surface area contributed by atoms with E-state index in [0.717, 1.165) is 11.3 Å². The second kappa shape index (κ2) is 6.54. The van der Waals surface area contributed by atoms with Crippen molar-refractivity contribution < 1.29 is 9.50 Å². The second-order valence-electron chi connectivity index (χ2n) is 5.09. The first-order valence-corrected chi connectivity index (χ1v) is 7.22. The highest BCUT2D eigenvalue weighted by Crippen LogP contribution is 2.23. The fraction of sp³-hybridized carbons (Fsp3) is 0.167. The molecule has 0 saturated carbocycles. The van der Waals surface area contributed by atoms with Crippen LogP contribution in [-0.2, 0) is 6.54 Å². The minimum atomic E-state index is -0.264. The van der Waals surface area contributed by atoms with Crippen LogP contribution in [0.2, 0.25) is 0 Å². The lowest BCUT2D eigenvalue weighted by molar-refractivity contribution is 0.301. The molecule has 1 aromatic heterocycles. The van der Waals surface area contributed by atoms with E-state index in [4.69, 9.17) is 0 Å². The SMILES string of the molecule is OCCN(Cc1ccc(F)c2cccnc12)c1ccccc1. The molecule has 2 aromatic carbocycles. The highest BCUT2D eigenvalue weighted by Gasteiger charge is 2.11. The minimum Gasteiger partial charge on any atom is -0.395 e. The molecule has 0 aliphatic carbocycles. The maximum atomic E-state index is 13.9. The average molecular weight is 296 g/mol. The van der Waals surface area contributed by atoms with Crippen LogP contribution in [0.4, 0.5) is 10.1 Å². The molecule has 4 heteroatoms. The monoisotopic (exact) mass is 296 g/mol. The van der Waals surface area contributed by atoms with Crippen LogP contribution in [0.15, 0.2) is 60.8 Å². The van der Waals surface area contributed by atoms with Crippen LogP contribution < -0.4 is 4.90 Å². The Morgan fingerprint density at radius 2 is 1.82 bits per heavy atom. The quantitative estimate of drug-likeness (QED) is 0.784. The summed E-state index contributed by atoms with van der Waals surface area (Å²) >= 11 is 0. The molecule has 0 aliphatic heterocycles. The highest BCUT2D eigenvalue weighted by molar-refractivity contribution is 5.82. The number of halogens is 1. The van der Waals surface area contributed by atoms with E-state index in [9.17, 15) is 9.50 Å². The predicted octanol–water partition coefficient (Wildman–Crippen LogP) is 3.37. The summed E-state index contributed by atoms with van der Waals surface area (Å²) in [5, 5.41) is 9.84. The summed E-state index contributed by atoms with van der Waals surface area (Å²) in [6.07, 6.45) is 1.67. The molecule has 1 heterocycles. The molecule has 0 saturated heterocycles. The molecule has 0 spiro atoms. The maximum Gasteiger partial charge on any atom is 0.132 e. The third kappa shape index (κ3) is 2.92. The number of benzene rings is 2. The highest BCUT2D eigenvalue weighted by atomic mass is 19.1. The van der Waals surface area contributed by atoms with E-state index in [1.165, 1.54) is 6.07 Å². The number of aromatic nitrogens is 1. The van der Waals surface area contributed by atoms with Gasteiger partial charge in [0.15, 0.2) is 0 Å². The molecule has 3 nitrogen and oxygen atoms in total. The van der Waals surface area contributed by atoms with Gasteiger partial charge in [0.1, 0.15) is 5.82 Å². The molecule has 0 amide bonds. The van der Waals surface area contributed by atoms with Crippen molar-refractivity contribution in [1.82, 2.24) is 4.98 Å². The molecule has 0 atom stereocenters. The van der Waals surface area contributed by atoms with Crippen LogP contribution in [0, 0.1) is 5.82 Å². The molecule has 1 N–H and O–H groups in total. The van der Waals surface area contributed by atoms with E-state index in [-0.39, 0.29) is 12.4 Å². The lowest BCUT2D eigenvalue weighted by atomic mass is 10.1. The van der Waals surface area contributed by atoms with Gasteiger partial charge in [0.2, 0.25) is 0 Å². The Bertz CT molecular complexity index is 761. The van der Waals surface area contributed by atoms with Crippen molar-refractivity contribution in [2.75, 3.05) is 18.1 Å². The molecule has 3 aromatic rings. The van der Waals surface area contributed by atoms with Gasteiger partial charge < -0.3 is 10.0 Å². The van der Waals surface area contributed by atoms with Crippen molar-refractivity contribution in [3.05, 3.63) is 72.2 Å². The van der Waals surface area contributed by atoms with E-state index in [1.807, 2.05) is 30.3 Å². The number of anilines is 1. The molecule has 0 aliphatic rings. The topological polar surface area (TPSA) is 36.4 Å². The number of fused-ring (bicyclic) bond motifs is 1. The predicted molar refractivity (Wildman–Crippen MR) is 86.3 cm³/mol. The fourth-order valence-electron chi connectivity index (χ4n) is 2.59. The Kier molecular flexibility index (Phi) is 4.30. The normalized spacial score (nSPS) is 10.8. The van der Waals surface area contributed by atoms with Crippen LogP contribution in [0.25, 0.3) is 10.9 Å². The number of para-hydroxylation sites is 1. The summed E-state index contributed by atoms with van der Waals surface area (Å²) in [6.45, 7) is 1.13.